The molecule has 0 heterocycles. The Bertz CT molecular complexity index is 118. The Morgan fingerprint density at radius 3 is 2.57 bits per heavy atom. The molecule has 0 aliphatic heterocycles. The minimum absolute atomic E-state index is 0.974. The summed E-state index contributed by atoms with van der Waals surface area (Å²) in [4.78, 5) is 9.10. The molecule has 0 aromatic rings. The molecular formula is CClNO3S. The van der Waals surface area contributed by atoms with Gasteiger partial charge < -0.3 is 0 Å². The molecule has 7 heavy (non-hydrogen) atoms. The van der Waals surface area contributed by atoms with Crippen LogP contribution in [-0.4, -0.2) is 10.3 Å². The van der Waals surface area contributed by atoms with E-state index in [2.05, 4.69) is 20.1 Å². The first kappa shape index (κ1) is 6.62. The van der Waals surface area contributed by atoms with E-state index < -0.39 is 10.3 Å². The van der Waals surface area contributed by atoms with Crippen LogP contribution in [-0.2, 0) is 19.4 Å². The van der Waals surface area contributed by atoms with Crippen LogP contribution in [0.25, 0.3) is 0 Å². The van der Waals surface area contributed by atoms with Crippen molar-refractivity contribution >= 4 is 27.1 Å². The molecule has 0 bridgehead atoms. The third-order valence-electron chi connectivity index (χ3n) is 0.133. The van der Waals surface area contributed by atoms with Crippen molar-refractivity contribution < 1.29 is 13.3 Å². The largest absolute Gasteiger partial charge is 0.331 e. The molecule has 40 valence electrons. The molecule has 6 heteroatoms. The second-order valence-electron chi connectivity index (χ2n) is 0.451. The maximum absolute atomic E-state index is 9.58. The van der Waals surface area contributed by atoms with Crippen molar-refractivity contribution in [1.29, 1.82) is 0 Å². The number of hydrogen-bond donors (Lipinski definition) is 0. The first-order valence-corrected chi connectivity index (χ1v) is 3.00. The zero-order valence-corrected chi connectivity index (χ0v) is 4.53. The van der Waals surface area contributed by atoms with Gasteiger partial charge in [-0.3, -0.25) is 4.28 Å². The summed E-state index contributed by atoms with van der Waals surface area (Å²) in [6.45, 7) is 0. The van der Waals surface area contributed by atoms with Crippen molar-refractivity contribution in [1.82, 2.24) is 0 Å². The molecule has 1 unspecified atom stereocenters. The second kappa shape index (κ2) is 3.80. The van der Waals surface area contributed by atoms with Gasteiger partial charge in [0.2, 0.25) is 0 Å². The molecule has 0 N–H and O–H groups in total. The summed E-state index contributed by atoms with van der Waals surface area (Å²) in [5.41, 5.74) is 0. The van der Waals surface area contributed by atoms with Crippen LogP contribution in [0, 0.1) is 0 Å². The molecule has 0 aliphatic rings. The fraction of sp³-hybridized carbons (Fsp3) is 0. The van der Waals surface area contributed by atoms with Crippen LogP contribution in [0.15, 0.2) is 5.16 Å². The van der Waals surface area contributed by atoms with Gasteiger partial charge in [0.25, 0.3) is 6.08 Å². The third-order valence-corrected chi connectivity index (χ3v) is 0.494. The third kappa shape index (κ3) is 5.62. The monoisotopic (exact) mass is 141 g/mol. The molecule has 1 atom stereocenters. The highest BCUT2D eigenvalue weighted by Gasteiger charge is 1.84. The maximum Gasteiger partial charge on any atom is 0.331 e. The summed E-state index contributed by atoms with van der Waals surface area (Å²) in [6, 6.07) is 0. The lowest BCUT2D eigenvalue weighted by atomic mass is 11.7. The highest BCUT2D eigenvalue weighted by molar-refractivity contribution is 8.04. The Hall–Kier alpha value is -0.380. The van der Waals surface area contributed by atoms with Crippen molar-refractivity contribution in [3.8, 4) is 0 Å². The molecule has 4 nitrogen and oxygen atoms in total. The van der Waals surface area contributed by atoms with Gasteiger partial charge in [-0.2, -0.15) is 4.21 Å². The summed E-state index contributed by atoms with van der Waals surface area (Å²) in [6.07, 6.45) is 0.974. The smallest absolute Gasteiger partial charge is 0.264 e. The average molecular weight is 142 g/mol. The number of rotatable bonds is 2. The van der Waals surface area contributed by atoms with Crippen LogP contribution < -0.4 is 0 Å². The summed E-state index contributed by atoms with van der Waals surface area (Å²) in [5.74, 6) is 0. The summed E-state index contributed by atoms with van der Waals surface area (Å²) in [7, 11) is 2.61. The minimum Gasteiger partial charge on any atom is -0.264 e. The molecule has 0 aliphatic carbocycles. The van der Waals surface area contributed by atoms with Gasteiger partial charge in [-0.1, -0.05) is 0 Å². The average Bonchev–Trinajstić information content (AvgIpc) is 1.61. The zero-order chi connectivity index (χ0) is 5.70. The molecule has 0 saturated heterocycles. The van der Waals surface area contributed by atoms with Crippen molar-refractivity contribution in [2.75, 3.05) is 0 Å². The van der Waals surface area contributed by atoms with Crippen LogP contribution in [0.3, 0.4) is 0 Å². The molecule has 0 rings (SSSR count). The van der Waals surface area contributed by atoms with Crippen molar-refractivity contribution in [3.63, 3.8) is 0 Å². The second-order valence-corrected chi connectivity index (χ2v) is 1.74. The summed E-state index contributed by atoms with van der Waals surface area (Å²) < 4.78 is 13.2. The first-order chi connectivity index (χ1) is 3.27. The van der Waals surface area contributed by atoms with Crippen LogP contribution in [0.1, 0.15) is 0 Å². The number of carbonyl (C=O) groups excluding carboxylic acids is 1. The fourth-order valence-corrected chi connectivity index (χ4v) is 0.218. The number of halogens is 1. The van der Waals surface area contributed by atoms with Gasteiger partial charge in [0, 0.05) is 15.8 Å². The van der Waals surface area contributed by atoms with Gasteiger partial charge in [-0.25, -0.2) is 4.79 Å². The highest BCUT2D eigenvalue weighted by Crippen LogP contribution is 1.88. The summed E-state index contributed by atoms with van der Waals surface area (Å²) >= 11 is 0. The Kier molecular flexibility index (Phi) is 3.59. The van der Waals surface area contributed by atoms with E-state index in [1.165, 1.54) is 0 Å². The van der Waals surface area contributed by atoms with Gasteiger partial charge in [0.05, 0.1) is 0 Å². The van der Waals surface area contributed by atoms with E-state index in [1.54, 1.807) is 0 Å². The lowest BCUT2D eigenvalue weighted by molar-refractivity contribution is 0.376. The molecule has 0 saturated carbocycles. The highest BCUT2D eigenvalue weighted by atomic mass is 35.7. The molecule has 0 fully saturated rings. The van der Waals surface area contributed by atoms with Gasteiger partial charge in [0.15, 0.2) is 0 Å². The molecule has 0 amide bonds. The number of nitrogens with zero attached hydrogens (tertiary/aromatic N) is 1. The van der Waals surface area contributed by atoms with Crippen LogP contribution in [0.2, 0.25) is 0 Å². The van der Waals surface area contributed by atoms with E-state index in [-0.39, 0.29) is 0 Å². The standard InChI is InChI=1S/CClNO3S/c2-7(5)6-3-1-4. The SMILES string of the molecule is O=C=NOS(=O)Cl. The molecule has 0 aromatic carbocycles. The van der Waals surface area contributed by atoms with E-state index in [0.717, 1.165) is 6.08 Å². The van der Waals surface area contributed by atoms with Crippen molar-refractivity contribution in [2.24, 2.45) is 5.16 Å². The van der Waals surface area contributed by atoms with Crippen molar-refractivity contribution in [3.05, 3.63) is 0 Å². The van der Waals surface area contributed by atoms with E-state index in [9.17, 15) is 4.21 Å². The lowest BCUT2D eigenvalue weighted by Crippen LogP contribution is -1.75. The molecular weight excluding hydrogens is 142 g/mol. The maximum atomic E-state index is 9.58. The van der Waals surface area contributed by atoms with Gasteiger partial charge >= 0.3 is 10.3 Å². The van der Waals surface area contributed by atoms with E-state index in [0.29, 0.717) is 0 Å². The van der Waals surface area contributed by atoms with Crippen molar-refractivity contribution in [2.45, 2.75) is 0 Å². The van der Waals surface area contributed by atoms with Gasteiger partial charge in [0.1, 0.15) is 0 Å². The Labute approximate surface area is 46.3 Å². The van der Waals surface area contributed by atoms with E-state index in [4.69, 9.17) is 4.79 Å². The van der Waals surface area contributed by atoms with E-state index in [1.807, 2.05) is 0 Å². The Morgan fingerprint density at radius 2 is 2.43 bits per heavy atom. The predicted octanol–water partition coefficient (Wildman–Crippen LogP) is 0.0713. The molecule has 0 aromatic heterocycles. The first-order valence-electron chi connectivity index (χ1n) is 1.10. The quantitative estimate of drug-likeness (QED) is 0.237. The Balaban J connectivity index is 3.32. The van der Waals surface area contributed by atoms with Gasteiger partial charge in [-0.05, 0) is 0 Å². The normalized spacial score (nSPS) is 11.6. The Morgan fingerprint density at radius 1 is 1.86 bits per heavy atom. The molecule has 0 radical (unpaired) electrons. The van der Waals surface area contributed by atoms with Gasteiger partial charge in [-0.15, -0.1) is 0 Å². The zero-order valence-electron chi connectivity index (χ0n) is 2.96. The summed E-state index contributed by atoms with van der Waals surface area (Å²) in [5, 5.41) is 2.43. The van der Waals surface area contributed by atoms with Crippen LogP contribution in [0.5, 0.6) is 0 Å². The van der Waals surface area contributed by atoms with E-state index >= 15 is 0 Å². The minimum atomic E-state index is -2.02. The number of isocyanates is 1. The number of hydrogen-bond acceptors (Lipinski definition) is 4. The fourth-order valence-electron chi connectivity index (χ4n) is 0.0445. The predicted molar refractivity (Wildman–Crippen MR) is 23.2 cm³/mol. The van der Waals surface area contributed by atoms with Crippen LogP contribution >= 0.6 is 10.7 Å². The lowest BCUT2D eigenvalue weighted by Gasteiger charge is -1.76. The van der Waals surface area contributed by atoms with Crippen LogP contribution in [0.4, 0.5) is 0 Å². The topological polar surface area (TPSA) is 55.7 Å². The molecule has 0 spiro atoms.